The van der Waals surface area contributed by atoms with Gasteiger partial charge in [-0.3, -0.25) is 14.4 Å². The predicted octanol–water partition coefficient (Wildman–Crippen LogP) is 1.30. The van der Waals surface area contributed by atoms with Gasteiger partial charge in [-0.25, -0.2) is 5.43 Å². The molecule has 1 unspecified atom stereocenters. The highest BCUT2D eigenvalue weighted by molar-refractivity contribution is 6.39. The first-order valence-corrected chi connectivity index (χ1v) is 10.1. The topological polar surface area (TPSA) is 91.3 Å². The number of hydrazone groups is 1. The van der Waals surface area contributed by atoms with Gasteiger partial charge in [-0.2, -0.15) is 5.10 Å². The highest BCUT2D eigenvalue weighted by atomic mass is 16.5. The summed E-state index contributed by atoms with van der Waals surface area (Å²) in [6.07, 6.45) is 3.02. The van der Waals surface area contributed by atoms with Crippen molar-refractivity contribution in [3.63, 3.8) is 0 Å². The summed E-state index contributed by atoms with van der Waals surface area (Å²) in [4.78, 5) is 41.0. The number of carbonyl (C=O) groups is 3. The van der Waals surface area contributed by atoms with Crippen molar-refractivity contribution in [1.29, 1.82) is 0 Å². The first-order chi connectivity index (χ1) is 14.0. The lowest BCUT2D eigenvalue weighted by Gasteiger charge is -2.39. The molecule has 0 bridgehead atoms. The average molecular weight is 398 g/mol. The Morgan fingerprint density at radius 1 is 1.24 bits per heavy atom. The lowest BCUT2D eigenvalue weighted by molar-refractivity contribution is -0.146. The monoisotopic (exact) mass is 398 g/mol. The number of likely N-dealkylation sites (tertiary alicyclic amines) is 2. The molecular weight excluding hydrogens is 372 g/mol. The molecule has 1 aromatic carbocycles. The number of amides is 3. The smallest absolute Gasteiger partial charge is 0.270 e. The van der Waals surface area contributed by atoms with Crippen molar-refractivity contribution < 1.29 is 19.1 Å². The molecule has 0 aromatic heterocycles. The number of nitrogens with zero attached hydrogens (tertiary/aromatic N) is 3. The number of rotatable bonds is 4. The summed E-state index contributed by atoms with van der Waals surface area (Å²) in [5, 5.41) is 3.91. The standard InChI is InChI=1S/C21H26N4O4/c1-29-16-5-2-4-15(12-16)13-24-10-3-8-21(20(24)28)9-11-25(14-21)19(27)17-6-7-18(26)23-22-17/h2,4-5,12H,3,6-11,13-14H2,1H3,(H,23,26). The van der Waals surface area contributed by atoms with E-state index >= 15 is 0 Å². The molecular formula is C21H26N4O4. The number of ether oxygens (including phenoxy) is 1. The number of nitrogens with one attached hydrogen (secondary N) is 1. The summed E-state index contributed by atoms with van der Waals surface area (Å²) in [5.41, 5.74) is 3.28. The molecule has 1 N–H and O–H groups in total. The average Bonchev–Trinajstić information content (AvgIpc) is 3.17. The van der Waals surface area contributed by atoms with Crippen molar-refractivity contribution >= 4 is 23.4 Å². The zero-order chi connectivity index (χ0) is 20.4. The van der Waals surface area contributed by atoms with Crippen molar-refractivity contribution in [2.75, 3.05) is 26.7 Å². The first kappa shape index (κ1) is 19.4. The zero-order valence-electron chi connectivity index (χ0n) is 16.6. The fraction of sp³-hybridized carbons (Fsp3) is 0.524. The molecule has 154 valence electrons. The first-order valence-electron chi connectivity index (χ1n) is 10.1. The molecule has 2 saturated heterocycles. The van der Waals surface area contributed by atoms with Gasteiger partial charge in [0, 0.05) is 39.0 Å². The number of benzene rings is 1. The van der Waals surface area contributed by atoms with E-state index in [0.717, 1.165) is 30.7 Å². The number of methoxy groups -OCH3 is 1. The lowest BCUT2D eigenvalue weighted by atomic mass is 9.78. The Kier molecular flexibility index (Phi) is 5.25. The van der Waals surface area contributed by atoms with E-state index in [9.17, 15) is 14.4 Å². The quantitative estimate of drug-likeness (QED) is 0.828. The molecule has 0 radical (unpaired) electrons. The van der Waals surface area contributed by atoms with E-state index in [0.29, 0.717) is 38.2 Å². The fourth-order valence-corrected chi connectivity index (χ4v) is 4.53. The molecule has 8 heteroatoms. The van der Waals surface area contributed by atoms with Gasteiger partial charge in [0.15, 0.2) is 0 Å². The zero-order valence-corrected chi connectivity index (χ0v) is 16.6. The summed E-state index contributed by atoms with van der Waals surface area (Å²) in [6, 6.07) is 7.77. The second-order valence-electron chi connectivity index (χ2n) is 8.03. The molecule has 3 amide bonds. The third kappa shape index (κ3) is 3.83. The van der Waals surface area contributed by atoms with Gasteiger partial charge in [0.05, 0.1) is 12.5 Å². The van der Waals surface area contributed by atoms with Gasteiger partial charge in [-0.15, -0.1) is 0 Å². The largest absolute Gasteiger partial charge is 0.497 e. The molecule has 4 rings (SSSR count). The molecule has 2 fully saturated rings. The molecule has 0 aliphatic carbocycles. The van der Waals surface area contributed by atoms with Crippen molar-refractivity contribution in [1.82, 2.24) is 15.2 Å². The maximum atomic E-state index is 13.4. The normalized spacial score (nSPS) is 24.5. The van der Waals surface area contributed by atoms with E-state index in [-0.39, 0.29) is 24.1 Å². The summed E-state index contributed by atoms with van der Waals surface area (Å²) in [7, 11) is 1.63. The van der Waals surface area contributed by atoms with Crippen LogP contribution >= 0.6 is 0 Å². The molecule has 8 nitrogen and oxygen atoms in total. The summed E-state index contributed by atoms with van der Waals surface area (Å²) < 4.78 is 5.28. The Bertz CT molecular complexity index is 868. The number of piperidine rings is 1. The van der Waals surface area contributed by atoms with Gasteiger partial charge < -0.3 is 14.5 Å². The lowest BCUT2D eigenvalue weighted by Crippen LogP contribution is -2.50. The molecule has 1 spiro atoms. The van der Waals surface area contributed by atoms with Crippen LogP contribution in [0.1, 0.15) is 37.7 Å². The van der Waals surface area contributed by atoms with Gasteiger partial charge >= 0.3 is 0 Å². The highest BCUT2D eigenvalue weighted by Crippen LogP contribution is 2.40. The van der Waals surface area contributed by atoms with Crippen LogP contribution in [-0.2, 0) is 20.9 Å². The van der Waals surface area contributed by atoms with Crippen LogP contribution in [0.4, 0.5) is 0 Å². The van der Waals surface area contributed by atoms with Crippen LogP contribution in [0.3, 0.4) is 0 Å². The van der Waals surface area contributed by atoms with Crippen LogP contribution in [0.2, 0.25) is 0 Å². The Morgan fingerprint density at radius 2 is 2.10 bits per heavy atom. The minimum Gasteiger partial charge on any atom is -0.497 e. The second kappa shape index (κ2) is 7.85. The van der Waals surface area contributed by atoms with Gasteiger partial charge in [0.2, 0.25) is 11.8 Å². The van der Waals surface area contributed by atoms with E-state index in [1.54, 1.807) is 12.0 Å². The fourth-order valence-electron chi connectivity index (χ4n) is 4.53. The predicted molar refractivity (Wildman–Crippen MR) is 106 cm³/mol. The van der Waals surface area contributed by atoms with E-state index < -0.39 is 5.41 Å². The maximum Gasteiger partial charge on any atom is 0.270 e. The Morgan fingerprint density at radius 3 is 2.86 bits per heavy atom. The van der Waals surface area contributed by atoms with Gasteiger partial charge in [-0.05, 0) is 37.0 Å². The van der Waals surface area contributed by atoms with Crippen LogP contribution in [0.15, 0.2) is 29.4 Å². The van der Waals surface area contributed by atoms with Crippen LogP contribution in [-0.4, -0.2) is 60.0 Å². The van der Waals surface area contributed by atoms with Crippen LogP contribution < -0.4 is 10.2 Å². The molecule has 1 aromatic rings. The van der Waals surface area contributed by atoms with Gasteiger partial charge in [-0.1, -0.05) is 12.1 Å². The van der Waals surface area contributed by atoms with Crippen molar-refractivity contribution in [3.05, 3.63) is 29.8 Å². The summed E-state index contributed by atoms with van der Waals surface area (Å²) >= 11 is 0. The Balaban J connectivity index is 1.44. The minimum absolute atomic E-state index is 0.126. The molecule has 3 aliphatic rings. The Labute approximate surface area is 169 Å². The number of carbonyl (C=O) groups excluding carboxylic acids is 3. The van der Waals surface area contributed by atoms with Gasteiger partial charge in [0.1, 0.15) is 11.5 Å². The van der Waals surface area contributed by atoms with E-state index in [1.807, 2.05) is 29.2 Å². The third-order valence-electron chi connectivity index (χ3n) is 6.12. The Hall–Kier alpha value is -2.90. The maximum absolute atomic E-state index is 13.4. The van der Waals surface area contributed by atoms with Crippen LogP contribution in [0, 0.1) is 5.41 Å². The van der Waals surface area contributed by atoms with Crippen molar-refractivity contribution in [2.24, 2.45) is 10.5 Å². The molecule has 1 atom stereocenters. The SMILES string of the molecule is COc1cccc(CN2CCCC3(CCN(C(=O)C4=NNC(=O)CC4)C3)C2=O)c1. The van der Waals surface area contributed by atoms with Crippen LogP contribution in [0.5, 0.6) is 5.75 Å². The minimum atomic E-state index is -0.509. The number of hydrogen-bond donors (Lipinski definition) is 1. The molecule has 3 aliphatic heterocycles. The van der Waals surface area contributed by atoms with Crippen molar-refractivity contribution in [2.45, 2.75) is 38.6 Å². The number of hydrogen-bond acceptors (Lipinski definition) is 5. The van der Waals surface area contributed by atoms with Gasteiger partial charge in [0.25, 0.3) is 5.91 Å². The van der Waals surface area contributed by atoms with E-state index in [2.05, 4.69) is 10.5 Å². The van der Waals surface area contributed by atoms with E-state index in [4.69, 9.17) is 4.74 Å². The molecule has 29 heavy (non-hydrogen) atoms. The second-order valence-corrected chi connectivity index (χ2v) is 8.03. The highest BCUT2D eigenvalue weighted by Gasteiger charge is 2.49. The van der Waals surface area contributed by atoms with E-state index in [1.165, 1.54) is 0 Å². The summed E-state index contributed by atoms with van der Waals surface area (Å²) in [6.45, 7) is 2.24. The molecule has 0 saturated carbocycles. The third-order valence-corrected chi connectivity index (χ3v) is 6.12. The van der Waals surface area contributed by atoms with Crippen molar-refractivity contribution in [3.8, 4) is 5.75 Å². The van der Waals surface area contributed by atoms with Crippen LogP contribution in [0.25, 0.3) is 0 Å². The molecule has 3 heterocycles. The summed E-state index contributed by atoms with van der Waals surface area (Å²) in [5.74, 6) is 0.565.